The average molecular weight is 312 g/mol. The predicted molar refractivity (Wildman–Crippen MR) is 97.6 cm³/mol. The van der Waals surface area contributed by atoms with E-state index < -0.39 is 0 Å². The Labute approximate surface area is 139 Å². The van der Waals surface area contributed by atoms with Crippen LogP contribution in [-0.4, -0.2) is 0 Å². The molecule has 2 nitrogen and oxygen atoms in total. The van der Waals surface area contributed by atoms with E-state index in [1.165, 1.54) is 22.3 Å². The number of fused-ring (bicyclic) bond motifs is 5. The molecule has 0 bridgehead atoms. The third-order valence-corrected chi connectivity index (χ3v) is 5.28. The number of benzene rings is 3. The molecule has 0 saturated carbocycles. The molecule has 0 fully saturated rings. The minimum absolute atomic E-state index is 0.0430. The van der Waals surface area contributed by atoms with Gasteiger partial charge in [-0.05, 0) is 46.5 Å². The zero-order chi connectivity index (χ0) is 16.5. The molecule has 0 radical (unpaired) electrons. The topological polar surface area (TPSA) is 30.2 Å². The summed E-state index contributed by atoms with van der Waals surface area (Å²) in [5, 5.41) is 1.30. The van der Waals surface area contributed by atoms with Crippen LogP contribution in [0.5, 0.6) is 0 Å². The molecule has 4 aromatic rings. The zero-order valence-corrected chi connectivity index (χ0v) is 13.6. The number of hydrogen-bond acceptors (Lipinski definition) is 2. The van der Waals surface area contributed by atoms with E-state index in [-0.39, 0.29) is 10.8 Å². The molecular formula is C22H16O2. The minimum atomic E-state index is -0.113. The Balaban J connectivity index is 1.96. The van der Waals surface area contributed by atoms with Crippen molar-refractivity contribution in [2.45, 2.75) is 19.3 Å². The fourth-order valence-electron chi connectivity index (χ4n) is 4.00. The molecule has 0 unspecified atom stereocenters. The summed E-state index contributed by atoms with van der Waals surface area (Å²) < 4.78 is 6.04. The molecule has 1 aromatic heterocycles. The highest BCUT2D eigenvalue weighted by molar-refractivity contribution is 5.95. The Hall–Kier alpha value is -2.87. The summed E-state index contributed by atoms with van der Waals surface area (Å²) in [6.07, 6.45) is 0. The predicted octanol–water partition coefficient (Wildman–Crippen LogP) is 5.25. The number of para-hydroxylation sites is 1. The van der Waals surface area contributed by atoms with E-state index in [1.54, 1.807) is 0 Å². The summed E-state index contributed by atoms with van der Waals surface area (Å²) in [5.74, 6) is 0. The van der Waals surface area contributed by atoms with Crippen molar-refractivity contribution in [2.75, 3.05) is 0 Å². The third-order valence-electron chi connectivity index (χ3n) is 5.28. The van der Waals surface area contributed by atoms with Crippen LogP contribution in [0.15, 0.2) is 69.9 Å². The van der Waals surface area contributed by atoms with E-state index in [0.717, 1.165) is 0 Å². The highest BCUT2D eigenvalue weighted by Crippen LogP contribution is 2.49. The van der Waals surface area contributed by atoms with Crippen molar-refractivity contribution >= 4 is 21.9 Å². The van der Waals surface area contributed by atoms with Crippen LogP contribution < -0.4 is 5.43 Å². The maximum absolute atomic E-state index is 12.9. The van der Waals surface area contributed by atoms with E-state index in [1.807, 2.05) is 36.4 Å². The van der Waals surface area contributed by atoms with Crippen molar-refractivity contribution in [3.8, 4) is 11.1 Å². The van der Waals surface area contributed by atoms with E-state index in [0.29, 0.717) is 21.9 Å². The summed E-state index contributed by atoms with van der Waals surface area (Å²) in [6, 6.07) is 20.0. The van der Waals surface area contributed by atoms with Gasteiger partial charge in [-0.3, -0.25) is 4.79 Å². The Kier molecular flexibility index (Phi) is 2.46. The van der Waals surface area contributed by atoms with Gasteiger partial charge in [-0.15, -0.1) is 0 Å². The van der Waals surface area contributed by atoms with Crippen LogP contribution in [-0.2, 0) is 5.41 Å². The van der Waals surface area contributed by atoms with Gasteiger partial charge in [0.05, 0.1) is 10.8 Å². The van der Waals surface area contributed by atoms with E-state index >= 15 is 0 Å². The van der Waals surface area contributed by atoms with Gasteiger partial charge in [0, 0.05) is 5.41 Å². The summed E-state index contributed by atoms with van der Waals surface area (Å²) >= 11 is 0. The molecule has 0 amide bonds. The highest BCUT2D eigenvalue weighted by Gasteiger charge is 2.35. The SMILES string of the molecule is CC1(C)c2ccccc2-c2cc3oc4ccccc4c(=O)c3cc21. The normalized spacial score (nSPS) is 14.8. The third kappa shape index (κ3) is 1.58. The Morgan fingerprint density at radius 3 is 2.38 bits per heavy atom. The largest absolute Gasteiger partial charge is 0.456 e. The molecule has 0 atom stereocenters. The van der Waals surface area contributed by atoms with Crippen molar-refractivity contribution in [2.24, 2.45) is 0 Å². The highest BCUT2D eigenvalue weighted by atomic mass is 16.3. The quantitative estimate of drug-likeness (QED) is 0.415. The Morgan fingerprint density at radius 1 is 0.750 bits per heavy atom. The summed E-state index contributed by atoms with van der Waals surface area (Å²) in [4.78, 5) is 12.9. The van der Waals surface area contributed by atoms with Crippen molar-refractivity contribution in [1.82, 2.24) is 0 Å². The van der Waals surface area contributed by atoms with Crippen LogP contribution in [0, 0.1) is 0 Å². The molecule has 0 saturated heterocycles. The molecule has 3 aromatic carbocycles. The smallest absolute Gasteiger partial charge is 0.200 e. The lowest BCUT2D eigenvalue weighted by molar-refractivity contribution is 0.652. The van der Waals surface area contributed by atoms with Gasteiger partial charge in [0.25, 0.3) is 0 Å². The van der Waals surface area contributed by atoms with Gasteiger partial charge in [-0.25, -0.2) is 0 Å². The van der Waals surface area contributed by atoms with E-state index in [4.69, 9.17) is 4.42 Å². The minimum Gasteiger partial charge on any atom is -0.456 e. The van der Waals surface area contributed by atoms with Crippen LogP contribution >= 0.6 is 0 Å². The second kappa shape index (κ2) is 4.35. The first-order chi connectivity index (χ1) is 11.6. The van der Waals surface area contributed by atoms with Gasteiger partial charge < -0.3 is 4.42 Å². The van der Waals surface area contributed by atoms with Crippen LogP contribution in [0.3, 0.4) is 0 Å². The maximum Gasteiger partial charge on any atom is 0.200 e. The first-order valence-electron chi connectivity index (χ1n) is 8.17. The summed E-state index contributed by atoms with van der Waals surface area (Å²) in [7, 11) is 0. The van der Waals surface area contributed by atoms with Crippen LogP contribution in [0.4, 0.5) is 0 Å². The molecule has 0 spiro atoms. The van der Waals surface area contributed by atoms with Crippen LogP contribution in [0.2, 0.25) is 0 Å². The standard InChI is InChI=1S/C22H16O2/c1-22(2)17-9-5-3-7-13(17)15-12-20-16(11-18(15)22)21(23)14-8-4-6-10-19(14)24-20/h3-12H,1-2H3. The Bertz CT molecular complexity index is 1200. The Morgan fingerprint density at radius 2 is 1.50 bits per heavy atom. The monoisotopic (exact) mass is 312 g/mol. The van der Waals surface area contributed by atoms with Gasteiger partial charge in [-0.1, -0.05) is 50.2 Å². The van der Waals surface area contributed by atoms with Gasteiger partial charge in [0.15, 0.2) is 0 Å². The van der Waals surface area contributed by atoms with Gasteiger partial charge in [-0.2, -0.15) is 0 Å². The number of rotatable bonds is 0. The molecule has 116 valence electrons. The molecule has 1 heterocycles. The second-order valence-corrected chi connectivity index (χ2v) is 6.99. The molecular weight excluding hydrogens is 296 g/mol. The first-order valence-corrected chi connectivity index (χ1v) is 8.17. The van der Waals surface area contributed by atoms with Crippen LogP contribution in [0.25, 0.3) is 33.1 Å². The molecule has 24 heavy (non-hydrogen) atoms. The maximum atomic E-state index is 12.9. The fourth-order valence-corrected chi connectivity index (χ4v) is 4.00. The zero-order valence-electron chi connectivity index (χ0n) is 13.6. The summed E-state index contributed by atoms with van der Waals surface area (Å²) in [5.41, 5.74) is 6.12. The lowest BCUT2D eigenvalue weighted by atomic mass is 9.82. The molecule has 5 rings (SSSR count). The van der Waals surface area contributed by atoms with Gasteiger partial charge >= 0.3 is 0 Å². The lowest BCUT2D eigenvalue weighted by Crippen LogP contribution is -2.15. The van der Waals surface area contributed by atoms with Crippen molar-refractivity contribution < 1.29 is 4.42 Å². The lowest BCUT2D eigenvalue weighted by Gasteiger charge is -2.21. The van der Waals surface area contributed by atoms with Crippen molar-refractivity contribution in [1.29, 1.82) is 0 Å². The number of hydrogen-bond donors (Lipinski definition) is 0. The van der Waals surface area contributed by atoms with Gasteiger partial charge in [0.2, 0.25) is 5.43 Å². The average Bonchev–Trinajstić information content (AvgIpc) is 2.82. The molecule has 2 heteroatoms. The fraction of sp³-hybridized carbons (Fsp3) is 0.136. The van der Waals surface area contributed by atoms with Crippen molar-refractivity contribution in [3.63, 3.8) is 0 Å². The summed E-state index contributed by atoms with van der Waals surface area (Å²) in [6.45, 7) is 4.43. The van der Waals surface area contributed by atoms with E-state index in [2.05, 4.69) is 38.1 Å². The molecule has 0 N–H and O–H groups in total. The van der Waals surface area contributed by atoms with E-state index in [9.17, 15) is 4.79 Å². The van der Waals surface area contributed by atoms with Crippen LogP contribution in [0.1, 0.15) is 25.0 Å². The molecule has 1 aliphatic rings. The van der Waals surface area contributed by atoms with Gasteiger partial charge in [0.1, 0.15) is 11.2 Å². The molecule has 0 aliphatic heterocycles. The van der Waals surface area contributed by atoms with Crippen molar-refractivity contribution in [3.05, 3.63) is 82.0 Å². The second-order valence-electron chi connectivity index (χ2n) is 6.99. The first kappa shape index (κ1) is 13.6. The molecule has 1 aliphatic carbocycles.